The lowest BCUT2D eigenvalue weighted by Crippen LogP contribution is -2.54. The standard InChI is InChI=1S/C22H33N3O6S/c1-16(2)14-18(23-21(28)31-22(3,4)5)20(27)24-25(15-17-10-8-7-9-11-17)19(26)12-13-32(6,29)30/h7-13,16,18H,14-15H2,1-6H3,(H,23,28)(H,24,27)/b13-12+/t18-/m0/s1. The predicted molar refractivity (Wildman–Crippen MR) is 122 cm³/mol. The topological polar surface area (TPSA) is 122 Å². The van der Waals surface area contributed by atoms with Crippen molar-refractivity contribution in [1.82, 2.24) is 15.8 Å². The van der Waals surface area contributed by atoms with Crippen molar-refractivity contribution in [2.45, 2.75) is 59.2 Å². The third-order valence-corrected chi connectivity index (χ3v) is 4.50. The molecule has 3 amide bonds. The first-order chi connectivity index (χ1) is 14.7. The highest BCUT2D eigenvalue weighted by atomic mass is 32.2. The second kappa shape index (κ2) is 11.7. The molecule has 1 aromatic rings. The summed E-state index contributed by atoms with van der Waals surface area (Å²) in [6.07, 6.45) is 1.38. The van der Waals surface area contributed by atoms with Gasteiger partial charge in [-0.1, -0.05) is 44.2 Å². The van der Waals surface area contributed by atoms with Crippen LogP contribution < -0.4 is 10.7 Å². The normalized spacial score (nSPS) is 13.0. The van der Waals surface area contributed by atoms with Crippen molar-refractivity contribution in [3.8, 4) is 0 Å². The average Bonchev–Trinajstić information content (AvgIpc) is 2.63. The molecule has 0 aromatic heterocycles. The lowest BCUT2D eigenvalue weighted by atomic mass is 10.0. The number of hydrogen-bond acceptors (Lipinski definition) is 6. The van der Waals surface area contributed by atoms with Gasteiger partial charge in [0.05, 0.1) is 6.54 Å². The summed E-state index contributed by atoms with van der Waals surface area (Å²) in [5, 5.41) is 4.32. The van der Waals surface area contributed by atoms with Crippen molar-refractivity contribution in [1.29, 1.82) is 0 Å². The second-order valence-electron chi connectivity index (χ2n) is 8.85. The van der Waals surface area contributed by atoms with Crippen LogP contribution in [0.4, 0.5) is 4.79 Å². The Hall–Kier alpha value is -2.88. The fourth-order valence-electron chi connectivity index (χ4n) is 2.57. The van der Waals surface area contributed by atoms with Crippen LogP contribution in [-0.4, -0.2) is 49.2 Å². The Bertz CT molecular complexity index is 921. The number of benzene rings is 1. The van der Waals surface area contributed by atoms with Crippen LogP contribution in [-0.2, 0) is 30.7 Å². The molecule has 1 rings (SSSR count). The van der Waals surface area contributed by atoms with E-state index in [1.54, 1.807) is 51.1 Å². The maximum absolute atomic E-state index is 13.0. The Morgan fingerprint density at radius 1 is 1.12 bits per heavy atom. The quantitative estimate of drug-likeness (QED) is 0.448. The van der Waals surface area contributed by atoms with Crippen LogP contribution in [0.1, 0.15) is 46.6 Å². The van der Waals surface area contributed by atoms with Crippen LogP contribution in [0.3, 0.4) is 0 Å². The first-order valence-corrected chi connectivity index (χ1v) is 12.2. The van der Waals surface area contributed by atoms with E-state index in [0.717, 1.165) is 28.3 Å². The molecule has 9 nitrogen and oxygen atoms in total. The van der Waals surface area contributed by atoms with Crippen molar-refractivity contribution in [3.05, 3.63) is 47.4 Å². The number of nitrogens with one attached hydrogen (secondary N) is 2. The molecule has 1 atom stereocenters. The van der Waals surface area contributed by atoms with E-state index < -0.39 is 39.4 Å². The molecule has 32 heavy (non-hydrogen) atoms. The molecule has 1 aromatic carbocycles. The van der Waals surface area contributed by atoms with Gasteiger partial charge in [-0.3, -0.25) is 15.0 Å². The summed E-state index contributed by atoms with van der Waals surface area (Å²) < 4.78 is 28.0. The number of ether oxygens (including phenoxy) is 1. The van der Waals surface area contributed by atoms with E-state index in [2.05, 4.69) is 10.7 Å². The molecule has 0 unspecified atom stereocenters. The molecule has 178 valence electrons. The van der Waals surface area contributed by atoms with Crippen molar-refractivity contribution in [2.75, 3.05) is 6.26 Å². The first-order valence-electron chi connectivity index (χ1n) is 10.2. The van der Waals surface area contributed by atoms with E-state index in [1.165, 1.54) is 0 Å². The molecule has 0 bridgehead atoms. The number of alkyl carbamates (subject to hydrolysis) is 1. The van der Waals surface area contributed by atoms with E-state index in [0.29, 0.717) is 6.42 Å². The van der Waals surface area contributed by atoms with E-state index in [1.807, 2.05) is 13.8 Å². The van der Waals surface area contributed by atoms with Crippen LogP contribution in [0, 0.1) is 5.92 Å². The average molecular weight is 468 g/mol. The number of carbonyl (C=O) groups excluding carboxylic acids is 3. The minimum atomic E-state index is -3.53. The van der Waals surface area contributed by atoms with Gasteiger partial charge in [-0.25, -0.2) is 18.2 Å². The van der Waals surface area contributed by atoms with Crippen LogP contribution in [0.25, 0.3) is 0 Å². The highest BCUT2D eigenvalue weighted by Crippen LogP contribution is 2.11. The monoisotopic (exact) mass is 467 g/mol. The van der Waals surface area contributed by atoms with E-state index in [4.69, 9.17) is 4.74 Å². The van der Waals surface area contributed by atoms with Crippen LogP contribution in [0.15, 0.2) is 41.8 Å². The first kappa shape index (κ1) is 27.2. The fourth-order valence-corrected chi connectivity index (χ4v) is 2.94. The summed E-state index contributed by atoms with van der Waals surface area (Å²) >= 11 is 0. The zero-order chi connectivity index (χ0) is 24.5. The van der Waals surface area contributed by atoms with Gasteiger partial charge in [0, 0.05) is 17.7 Å². The van der Waals surface area contributed by atoms with E-state index >= 15 is 0 Å². The van der Waals surface area contributed by atoms with Gasteiger partial charge in [0.1, 0.15) is 11.6 Å². The Morgan fingerprint density at radius 3 is 2.22 bits per heavy atom. The molecule has 0 aliphatic heterocycles. The molecular weight excluding hydrogens is 434 g/mol. The lowest BCUT2D eigenvalue weighted by Gasteiger charge is -2.27. The molecule has 0 saturated carbocycles. The highest BCUT2D eigenvalue weighted by molar-refractivity contribution is 7.93. The molecule has 0 aliphatic carbocycles. The van der Waals surface area contributed by atoms with Crippen molar-refractivity contribution >= 4 is 27.7 Å². The number of carbonyl (C=O) groups is 3. The summed E-state index contributed by atoms with van der Waals surface area (Å²) in [7, 11) is -3.53. The van der Waals surface area contributed by atoms with E-state index in [-0.39, 0.29) is 12.5 Å². The summed E-state index contributed by atoms with van der Waals surface area (Å²) in [6.45, 7) is 8.90. The van der Waals surface area contributed by atoms with Crippen LogP contribution >= 0.6 is 0 Å². The maximum atomic E-state index is 13.0. The van der Waals surface area contributed by atoms with Gasteiger partial charge >= 0.3 is 6.09 Å². The van der Waals surface area contributed by atoms with Gasteiger partial charge in [-0.05, 0) is 38.7 Å². The number of amides is 3. The van der Waals surface area contributed by atoms with Gasteiger partial charge < -0.3 is 10.1 Å². The summed E-state index contributed by atoms with van der Waals surface area (Å²) in [5.41, 5.74) is 2.48. The highest BCUT2D eigenvalue weighted by Gasteiger charge is 2.27. The fraction of sp³-hybridized carbons (Fsp3) is 0.500. The van der Waals surface area contributed by atoms with Gasteiger partial charge in [-0.2, -0.15) is 0 Å². The molecule has 10 heteroatoms. The third kappa shape index (κ3) is 11.5. The van der Waals surface area contributed by atoms with Crippen molar-refractivity contribution in [2.24, 2.45) is 5.92 Å². The Morgan fingerprint density at radius 2 is 1.72 bits per heavy atom. The summed E-state index contributed by atoms with van der Waals surface area (Å²) in [5.74, 6) is -1.29. The molecular formula is C22H33N3O6S. The number of nitrogens with zero attached hydrogens (tertiary/aromatic N) is 1. The largest absolute Gasteiger partial charge is 0.444 e. The molecule has 0 saturated heterocycles. The number of sulfone groups is 1. The Labute approximate surface area is 190 Å². The molecule has 0 fully saturated rings. The zero-order valence-electron chi connectivity index (χ0n) is 19.4. The van der Waals surface area contributed by atoms with Gasteiger partial charge in [-0.15, -0.1) is 0 Å². The van der Waals surface area contributed by atoms with E-state index in [9.17, 15) is 22.8 Å². The SMILES string of the molecule is CC(C)C[C@H](NC(=O)OC(C)(C)C)C(=O)NN(Cc1ccccc1)C(=O)/C=C/S(C)(=O)=O. The molecule has 2 N–H and O–H groups in total. The Kier molecular flexibility index (Phi) is 9.89. The van der Waals surface area contributed by atoms with Gasteiger partial charge in [0.25, 0.3) is 11.8 Å². The molecule has 0 radical (unpaired) electrons. The van der Waals surface area contributed by atoms with Gasteiger partial charge in [0.15, 0.2) is 9.84 Å². The molecule has 0 heterocycles. The number of hydrogen-bond donors (Lipinski definition) is 2. The summed E-state index contributed by atoms with van der Waals surface area (Å²) in [6, 6.07) is 7.92. The maximum Gasteiger partial charge on any atom is 0.408 e. The minimum Gasteiger partial charge on any atom is -0.444 e. The Balaban J connectivity index is 3.08. The molecule has 0 aliphatic rings. The smallest absolute Gasteiger partial charge is 0.408 e. The summed E-state index contributed by atoms with van der Waals surface area (Å²) in [4.78, 5) is 37.8. The van der Waals surface area contributed by atoms with Gasteiger partial charge in [0.2, 0.25) is 0 Å². The van der Waals surface area contributed by atoms with Crippen LogP contribution in [0.5, 0.6) is 0 Å². The predicted octanol–water partition coefficient (Wildman–Crippen LogP) is 2.54. The lowest BCUT2D eigenvalue weighted by molar-refractivity contribution is -0.139. The third-order valence-electron chi connectivity index (χ3n) is 3.87. The zero-order valence-corrected chi connectivity index (χ0v) is 20.2. The minimum absolute atomic E-state index is 0.000349. The molecule has 0 spiro atoms. The van der Waals surface area contributed by atoms with Crippen molar-refractivity contribution in [3.63, 3.8) is 0 Å². The second-order valence-corrected chi connectivity index (χ2v) is 10.8. The number of rotatable bonds is 8. The van der Waals surface area contributed by atoms with Crippen LogP contribution in [0.2, 0.25) is 0 Å². The number of hydrazine groups is 1. The van der Waals surface area contributed by atoms with Crippen molar-refractivity contribution < 1.29 is 27.5 Å².